The van der Waals surface area contributed by atoms with Crippen molar-refractivity contribution in [2.75, 3.05) is 6.61 Å². The predicted octanol–water partition coefficient (Wildman–Crippen LogP) is 2.55. The normalized spacial score (nSPS) is 51.5. The number of hydrogen-bond donors (Lipinski definition) is 2. The lowest BCUT2D eigenvalue weighted by molar-refractivity contribution is -0.227. The Morgan fingerprint density at radius 3 is 2.67 bits per heavy atom. The molecule has 166 valence electrons. The Labute approximate surface area is 178 Å². The first-order valence-electron chi connectivity index (χ1n) is 11.4. The van der Waals surface area contributed by atoms with Crippen LogP contribution in [0.3, 0.4) is 0 Å². The van der Waals surface area contributed by atoms with E-state index in [1.807, 2.05) is 19.9 Å². The first-order chi connectivity index (χ1) is 14.0. The maximum atomic E-state index is 13.2. The molecular formula is C24H34O6. The van der Waals surface area contributed by atoms with E-state index in [2.05, 4.69) is 13.8 Å². The quantitative estimate of drug-likeness (QED) is 0.716. The van der Waals surface area contributed by atoms with Crippen LogP contribution in [0.25, 0.3) is 0 Å². The van der Waals surface area contributed by atoms with E-state index in [9.17, 15) is 19.8 Å². The van der Waals surface area contributed by atoms with Crippen LogP contribution < -0.4 is 0 Å². The van der Waals surface area contributed by atoms with Crippen LogP contribution in [0.5, 0.6) is 0 Å². The van der Waals surface area contributed by atoms with Crippen LogP contribution in [0.15, 0.2) is 11.6 Å². The highest BCUT2D eigenvalue weighted by Gasteiger charge is 2.76. The molecule has 0 spiro atoms. The number of Topliss-reactive ketones (excluding diaryl/α,β-unsaturated/α-hetero) is 1. The summed E-state index contributed by atoms with van der Waals surface area (Å²) in [4.78, 5) is 25.2. The lowest BCUT2D eigenvalue weighted by Crippen LogP contribution is -2.64. The summed E-state index contributed by atoms with van der Waals surface area (Å²) in [5.41, 5.74) is -0.810. The molecule has 1 aliphatic heterocycles. The second-order valence-electron chi connectivity index (χ2n) is 11.2. The first kappa shape index (κ1) is 20.8. The molecule has 6 nitrogen and oxygen atoms in total. The second-order valence-corrected chi connectivity index (χ2v) is 11.2. The molecule has 3 saturated carbocycles. The van der Waals surface area contributed by atoms with Crippen molar-refractivity contribution in [3.05, 3.63) is 11.6 Å². The fraction of sp³-hybridized carbons (Fsp3) is 0.833. The van der Waals surface area contributed by atoms with Crippen LogP contribution in [0.4, 0.5) is 0 Å². The molecule has 0 aromatic rings. The van der Waals surface area contributed by atoms with Gasteiger partial charge in [-0.25, -0.2) is 0 Å². The number of rotatable bonds is 2. The number of ether oxygens (including phenoxy) is 2. The van der Waals surface area contributed by atoms with Crippen LogP contribution >= 0.6 is 0 Å². The van der Waals surface area contributed by atoms with Gasteiger partial charge in [-0.1, -0.05) is 19.4 Å². The van der Waals surface area contributed by atoms with Crippen molar-refractivity contribution in [3.63, 3.8) is 0 Å². The van der Waals surface area contributed by atoms with Crippen LogP contribution in [0.1, 0.15) is 66.2 Å². The average Bonchev–Trinajstić information content (AvgIpc) is 3.07. The zero-order chi connectivity index (χ0) is 21.7. The van der Waals surface area contributed by atoms with Gasteiger partial charge < -0.3 is 19.7 Å². The highest BCUT2D eigenvalue weighted by Crippen LogP contribution is 2.70. The Morgan fingerprint density at radius 2 is 1.97 bits per heavy atom. The standard InChI is InChI=1S/C24H34O6/c1-21(2)29-19-10-16-15-6-5-13-9-14(26)7-8-22(13,3)20(15)17(27)11-23(16,4)24(19,30-21)18(28)12-25/h9,15-17,19-20,25,27H,5-8,10-12H2,1-4H3/t15-,16-,17+,19-,20+,22+,23-,24+/m1/s1. The van der Waals surface area contributed by atoms with Crippen molar-refractivity contribution < 1.29 is 29.3 Å². The van der Waals surface area contributed by atoms with Gasteiger partial charge in [-0.2, -0.15) is 0 Å². The SMILES string of the molecule is CC1(C)O[C@@H]2C[C@@H]3[C@H]4CCC5=CC(=O)CC[C@]5(C)[C@@H]4[C@@H](O)C[C@@]3(C)[C@@]2(C(=O)CO)O1. The number of hydrogen-bond acceptors (Lipinski definition) is 6. The number of aliphatic hydroxyl groups is 2. The summed E-state index contributed by atoms with van der Waals surface area (Å²) in [6.45, 7) is 7.32. The minimum atomic E-state index is -1.22. The molecule has 0 amide bonds. The molecule has 1 heterocycles. The number of carbonyl (C=O) groups excluding carboxylic acids is 2. The summed E-state index contributed by atoms with van der Waals surface area (Å²) >= 11 is 0. The molecule has 0 bridgehead atoms. The Kier molecular flexibility index (Phi) is 4.33. The molecule has 8 atom stereocenters. The largest absolute Gasteiger partial charge is 0.393 e. The fourth-order valence-corrected chi connectivity index (χ4v) is 8.40. The van der Waals surface area contributed by atoms with Gasteiger partial charge in [-0.15, -0.1) is 0 Å². The van der Waals surface area contributed by atoms with Gasteiger partial charge in [0.25, 0.3) is 0 Å². The molecular weight excluding hydrogens is 384 g/mol. The molecule has 0 radical (unpaired) electrons. The van der Waals surface area contributed by atoms with Crippen LogP contribution in [0.2, 0.25) is 0 Å². The summed E-state index contributed by atoms with van der Waals surface area (Å²) in [5.74, 6) is -0.569. The molecule has 0 unspecified atom stereocenters. The van der Waals surface area contributed by atoms with E-state index in [-0.39, 0.29) is 34.7 Å². The summed E-state index contributed by atoms with van der Waals surface area (Å²) in [7, 11) is 0. The number of allylic oxidation sites excluding steroid dienone is 1. The van der Waals surface area contributed by atoms with Crippen molar-refractivity contribution in [1.29, 1.82) is 0 Å². The van der Waals surface area contributed by atoms with Crippen molar-refractivity contribution in [1.82, 2.24) is 0 Å². The molecule has 5 aliphatic rings. The zero-order valence-electron chi connectivity index (χ0n) is 18.4. The second kappa shape index (κ2) is 6.25. The summed E-state index contributed by atoms with van der Waals surface area (Å²) in [6.07, 6.45) is 5.05. The van der Waals surface area contributed by atoms with E-state index in [1.54, 1.807) is 0 Å². The number of fused-ring (bicyclic) bond motifs is 7. The molecule has 4 fully saturated rings. The Balaban J connectivity index is 1.58. The van der Waals surface area contributed by atoms with Crippen LogP contribution in [-0.4, -0.2) is 52.0 Å². The Hall–Kier alpha value is -1.08. The van der Waals surface area contributed by atoms with E-state index in [0.29, 0.717) is 19.3 Å². The number of aliphatic hydroxyl groups excluding tert-OH is 2. The summed E-state index contributed by atoms with van der Waals surface area (Å²) in [6, 6.07) is 0. The predicted molar refractivity (Wildman–Crippen MR) is 108 cm³/mol. The van der Waals surface area contributed by atoms with Crippen molar-refractivity contribution >= 4 is 11.6 Å². The molecule has 2 N–H and O–H groups in total. The fourth-order valence-electron chi connectivity index (χ4n) is 8.40. The minimum absolute atomic E-state index is 0.0665. The van der Waals surface area contributed by atoms with Crippen molar-refractivity contribution in [3.8, 4) is 0 Å². The molecule has 4 aliphatic carbocycles. The van der Waals surface area contributed by atoms with Gasteiger partial charge >= 0.3 is 0 Å². The molecule has 5 rings (SSSR count). The highest BCUT2D eigenvalue weighted by atomic mass is 16.8. The van der Waals surface area contributed by atoms with Gasteiger partial charge in [0.2, 0.25) is 0 Å². The third kappa shape index (κ3) is 2.39. The molecule has 30 heavy (non-hydrogen) atoms. The topological polar surface area (TPSA) is 93.1 Å². The van der Waals surface area contributed by atoms with Crippen LogP contribution in [0, 0.1) is 28.6 Å². The maximum absolute atomic E-state index is 13.2. The lowest BCUT2D eigenvalue weighted by atomic mass is 9.45. The van der Waals surface area contributed by atoms with Gasteiger partial charge in [0.05, 0.1) is 12.2 Å². The Bertz CT molecular complexity index is 832. The maximum Gasteiger partial charge on any atom is 0.193 e. The monoisotopic (exact) mass is 418 g/mol. The first-order valence-corrected chi connectivity index (χ1v) is 11.4. The van der Waals surface area contributed by atoms with Crippen molar-refractivity contribution in [2.24, 2.45) is 28.6 Å². The van der Waals surface area contributed by atoms with Gasteiger partial charge in [0.15, 0.2) is 23.0 Å². The minimum Gasteiger partial charge on any atom is -0.393 e. The molecule has 6 heteroatoms. The van der Waals surface area contributed by atoms with Crippen LogP contribution in [-0.2, 0) is 19.1 Å². The highest BCUT2D eigenvalue weighted by molar-refractivity contribution is 5.92. The van der Waals surface area contributed by atoms with E-state index in [1.165, 1.54) is 5.57 Å². The number of carbonyl (C=O) groups is 2. The number of ketones is 2. The van der Waals surface area contributed by atoms with Gasteiger partial charge in [0, 0.05) is 11.8 Å². The van der Waals surface area contributed by atoms with Crippen molar-refractivity contribution in [2.45, 2.75) is 89.8 Å². The summed E-state index contributed by atoms with van der Waals surface area (Å²) in [5, 5.41) is 21.4. The average molecular weight is 419 g/mol. The van der Waals surface area contributed by atoms with E-state index >= 15 is 0 Å². The van der Waals surface area contributed by atoms with Gasteiger partial charge in [0.1, 0.15) is 6.61 Å². The smallest absolute Gasteiger partial charge is 0.193 e. The van der Waals surface area contributed by atoms with Gasteiger partial charge in [-0.3, -0.25) is 9.59 Å². The van der Waals surface area contributed by atoms with E-state index < -0.39 is 35.6 Å². The molecule has 0 aromatic carbocycles. The Morgan fingerprint density at radius 1 is 1.23 bits per heavy atom. The lowest BCUT2D eigenvalue weighted by Gasteiger charge is -2.60. The third-order valence-electron chi connectivity index (χ3n) is 9.45. The summed E-state index contributed by atoms with van der Waals surface area (Å²) < 4.78 is 12.6. The van der Waals surface area contributed by atoms with E-state index in [4.69, 9.17) is 9.47 Å². The zero-order valence-corrected chi connectivity index (χ0v) is 18.4. The third-order valence-corrected chi connectivity index (χ3v) is 9.45. The van der Waals surface area contributed by atoms with E-state index in [0.717, 1.165) is 19.3 Å². The molecule has 0 aromatic heterocycles. The molecule has 1 saturated heterocycles. The van der Waals surface area contributed by atoms with Gasteiger partial charge in [-0.05, 0) is 75.2 Å².